The van der Waals surface area contributed by atoms with Gasteiger partial charge in [0.2, 0.25) is 0 Å². The van der Waals surface area contributed by atoms with E-state index in [0.717, 1.165) is 44.7 Å². The third-order valence-electron chi connectivity index (χ3n) is 7.78. The van der Waals surface area contributed by atoms with Crippen LogP contribution in [0.4, 0.5) is 0 Å². The number of aromatic nitrogens is 4. The number of pyridine rings is 2. The van der Waals surface area contributed by atoms with Gasteiger partial charge in [-0.25, -0.2) is 4.98 Å². The third kappa shape index (κ3) is 5.07. The lowest BCUT2D eigenvalue weighted by molar-refractivity contribution is 0.587. The quantitative estimate of drug-likeness (QED) is 0.238. The Kier molecular flexibility index (Phi) is 6.69. The van der Waals surface area contributed by atoms with E-state index < -0.39 is 0 Å². The number of nitrogens with zero attached hydrogens (tertiary/aromatic N) is 3. The van der Waals surface area contributed by atoms with Crippen LogP contribution in [0.3, 0.4) is 0 Å². The van der Waals surface area contributed by atoms with E-state index in [2.05, 4.69) is 105 Å². The van der Waals surface area contributed by atoms with Gasteiger partial charge < -0.3 is 4.98 Å². The van der Waals surface area contributed by atoms with Crippen molar-refractivity contribution in [1.29, 1.82) is 0 Å². The van der Waals surface area contributed by atoms with Crippen LogP contribution in [0.15, 0.2) is 108 Å². The molecule has 42 heavy (non-hydrogen) atoms. The summed E-state index contributed by atoms with van der Waals surface area (Å²) in [5.41, 5.74) is 9.24. The van der Waals surface area contributed by atoms with Gasteiger partial charge in [0.15, 0.2) is 5.82 Å². The molecule has 3 heterocycles. The van der Waals surface area contributed by atoms with Crippen molar-refractivity contribution < 1.29 is 0 Å². The highest BCUT2D eigenvalue weighted by Crippen LogP contribution is 2.38. The first kappa shape index (κ1) is 27.4. The molecule has 0 aliphatic heterocycles. The van der Waals surface area contributed by atoms with Crippen LogP contribution in [0.5, 0.6) is 0 Å². The van der Waals surface area contributed by atoms with Crippen molar-refractivity contribution in [2.75, 3.05) is 0 Å². The molecule has 0 spiro atoms. The first-order chi connectivity index (χ1) is 20.0. The van der Waals surface area contributed by atoms with Crippen LogP contribution in [0, 0.1) is 0 Å². The van der Waals surface area contributed by atoms with Crippen molar-refractivity contribution in [2.24, 2.45) is 0 Å². The van der Waals surface area contributed by atoms with E-state index in [1.165, 1.54) is 5.56 Å². The Morgan fingerprint density at radius 2 is 1.40 bits per heavy atom. The molecule has 0 saturated heterocycles. The predicted octanol–water partition coefficient (Wildman–Crippen LogP) is 8.70. The molecular weight excluding hydrogens is 516 g/mol. The zero-order chi connectivity index (χ0) is 29.6. The van der Waals surface area contributed by atoms with E-state index in [1.807, 2.05) is 54.9 Å². The Labute approximate surface area is 247 Å². The van der Waals surface area contributed by atoms with E-state index in [0.29, 0.717) is 11.4 Å². The van der Waals surface area contributed by atoms with Gasteiger partial charge in [-0.3, -0.25) is 14.3 Å². The summed E-state index contributed by atoms with van der Waals surface area (Å²) in [5.74, 6) is 0.618. The number of fused-ring (bicyclic) bond motifs is 1. The molecule has 0 radical (unpaired) electrons. The Morgan fingerprint density at radius 3 is 2.10 bits per heavy atom. The molecule has 0 aliphatic rings. The number of aromatic amines is 1. The highest BCUT2D eigenvalue weighted by molar-refractivity contribution is 5.96. The molecule has 3 aromatic heterocycles. The molecule has 3 aromatic carbocycles. The van der Waals surface area contributed by atoms with Crippen molar-refractivity contribution in [2.45, 2.75) is 52.4 Å². The highest BCUT2D eigenvalue weighted by Gasteiger charge is 2.23. The zero-order valence-corrected chi connectivity index (χ0v) is 25.1. The van der Waals surface area contributed by atoms with Crippen LogP contribution in [0.2, 0.25) is 0 Å². The van der Waals surface area contributed by atoms with Gasteiger partial charge in [-0.1, -0.05) is 84.0 Å². The summed E-state index contributed by atoms with van der Waals surface area (Å²) in [4.78, 5) is 26.2. The first-order valence-corrected chi connectivity index (χ1v) is 14.4. The second kappa shape index (κ2) is 10.3. The van der Waals surface area contributed by atoms with E-state index in [1.54, 1.807) is 0 Å². The standard InChI is InChI=1S/C37H36N4O/c1-36(2,3)26-20-24(19-25(21-26)31-16-10-11-18-38-31)29-15-12-17-32-33(29)40-34(41(32)28-13-8-7-9-14-28)30-22-27(37(4,5)6)23-39-35(30)42/h7-23H,1-6H3,(H,39,42). The van der Waals surface area contributed by atoms with Crippen molar-refractivity contribution in [3.63, 3.8) is 0 Å². The van der Waals surface area contributed by atoms with E-state index in [9.17, 15) is 4.79 Å². The molecule has 6 rings (SSSR count). The fraction of sp³-hybridized carbons (Fsp3) is 0.216. The molecular formula is C37H36N4O. The van der Waals surface area contributed by atoms with Crippen LogP contribution < -0.4 is 5.56 Å². The number of hydrogen-bond acceptors (Lipinski definition) is 3. The number of hydrogen-bond donors (Lipinski definition) is 1. The van der Waals surface area contributed by atoms with Crippen molar-refractivity contribution in [1.82, 2.24) is 19.5 Å². The fourth-order valence-corrected chi connectivity index (χ4v) is 5.33. The monoisotopic (exact) mass is 552 g/mol. The van der Waals surface area contributed by atoms with Gasteiger partial charge in [-0.2, -0.15) is 0 Å². The number of rotatable bonds is 4. The fourth-order valence-electron chi connectivity index (χ4n) is 5.33. The second-order valence-electron chi connectivity index (χ2n) is 12.9. The second-order valence-corrected chi connectivity index (χ2v) is 12.9. The summed E-state index contributed by atoms with van der Waals surface area (Å²) >= 11 is 0. The number of benzene rings is 3. The SMILES string of the molecule is CC(C)(C)c1cc(-c2ccccn2)cc(-c2cccc3c2nc(-c2cc(C(C)(C)C)c[nH]c2=O)n3-c2ccccc2)c1. The minimum atomic E-state index is -0.163. The topological polar surface area (TPSA) is 63.6 Å². The number of H-pyrrole nitrogens is 1. The molecule has 0 saturated carbocycles. The highest BCUT2D eigenvalue weighted by atomic mass is 16.1. The predicted molar refractivity (Wildman–Crippen MR) is 173 cm³/mol. The number of nitrogens with one attached hydrogen (secondary N) is 1. The molecule has 5 nitrogen and oxygen atoms in total. The molecule has 0 bridgehead atoms. The Balaban J connectivity index is 1.67. The molecule has 5 heteroatoms. The number of para-hydroxylation sites is 2. The maximum Gasteiger partial charge on any atom is 0.258 e. The van der Waals surface area contributed by atoms with E-state index in [-0.39, 0.29) is 16.4 Å². The smallest absolute Gasteiger partial charge is 0.258 e. The van der Waals surface area contributed by atoms with Gasteiger partial charge in [-0.05, 0) is 76.1 Å². The minimum Gasteiger partial charge on any atom is -0.328 e. The maximum absolute atomic E-state index is 13.4. The summed E-state index contributed by atoms with van der Waals surface area (Å²) in [5, 5.41) is 0. The van der Waals surface area contributed by atoms with Crippen molar-refractivity contribution in [3.8, 4) is 39.5 Å². The van der Waals surface area contributed by atoms with Crippen molar-refractivity contribution >= 4 is 11.0 Å². The molecule has 0 fully saturated rings. The van der Waals surface area contributed by atoms with Gasteiger partial charge in [-0.15, -0.1) is 0 Å². The molecule has 1 N–H and O–H groups in total. The maximum atomic E-state index is 13.4. The first-order valence-electron chi connectivity index (χ1n) is 14.4. The molecule has 0 aliphatic carbocycles. The van der Waals surface area contributed by atoms with Gasteiger partial charge >= 0.3 is 0 Å². The van der Waals surface area contributed by atoms with Gasteiger partial charge in [0, 0.05) is 29.2 Å². The lowest BCUT2D eigenvalue weighted by atomic mass is 9.83. The molecule has 0 amide bonds. The normalized spacial score (nSPS) is 12.1. The van der Waals surface area contributed by atoms with E-state index >= 15 is 0 Å². The average Bonchev–Trinajstić information content (AvgIpc) is 3.36. The summed E-state index contributed by atoms with van der Waals surface area (Å²) < 4.78 is 2.10. The van der Waals surface area contributed by atoms with E-state index in [4.69, 9.17) is 4.98 Å². The Morgan fingerprint density at radius 1 is 0.690 bits per heavy atom. The molecule has 0 unspecified atom stereocenters. The van der Waals surface area contributed by atoms with Gasteiger partial charge in [0.25, 0.3) is 5.56 Å². The van der Waals surface area contributed by atoms with Crippen LogP contribution in [0.1, 0.15) is 52.7 Å². The van der Waals surface area contributed by atoms with Crippen molar-refractivity contribution in [3.05, 3.63) is 125 Å². The minimum absolute atomic E-state index is 0.0668. The Hall–Kier alpha value is -4.77. The summed E-state index contributed by atoms with van der Waals surface area (Å²) in [6.45, 7) is 13.1. The zero-order valence-electron chi connectivity index (χ0n) is 25.1. The lowest BCUT2D eigenvalue weighted by Crippen LogP contribution is -2.18. The van der Waals surface area contributed by atoms with Crippen LogP contribution >= 0.6 is 0 Å². The Bertz CT molecular complexity index is 1950. The van der Waals surface area contributed by atoms with Crippen LogP contribution in [-0.2, 0) is 10.8 Å². The van der Waals surface area contributed by atoms with Gasteiger partial charge in [0.1, 0.15) is 0 Å². The summed E-state index contributed by atoms with van der Waals surface area (Å²) in [6, 6.07) is 31.1. The largest absolute Gasteiger partial charge is 0.328 e. The summed E-state index contributed by atoms with van der Waals surface area (Å²) in [6.07, 6.45) is 3.64. The summed E-state index contributed by atoms with van der Waals surface area (Å²) in [7, 11) is 0. The molecule has 6 aromatic rings. The van der Waals surface area contributed by atoms with Crippen LogP contribution in [0.25, 0.3) is 50.5 Å². The van der Waals surface area contributed by atoms with Gasteiger partial charge in [0.05, 0.1) is 22.3 Å². The third-order valence-corrected chi connectivity index (χ3v) is 7.78. The average molecular weight is 553 g/mol. The van der Waals surface area contributed by atoms with Crippen LogP contribution in [-0.4, -0.2) is 19.5 Å². The molecule has 0 atom stereocenters. The lowest BCUT2D eigenvalue weighted by Gasteiger charge is -2.21. The number of imidazole rings is 1. The molecule has 210 valence electrons.